The molecule has 0 fully saturated rings. The van der Waals surface area contributed by atoms with Gasteiger partial charge in [0, 0.05) is 11.1 Å². The Labute approximate surface area is 194 Å². The molecule has 35 heavy (non-hydrogen) atoms. The fourth-order valence-electron chi connectivity index (χ4n) is 2.95. The number of ether oxygens (including phenoxy) is 3. The molecule has 0 N–H and O–H groups in total. The number of alkyl halides is 2. The highest BCUT2D eigenvalue weighted by molar-refractivity contribution is 6.06. The lowest BCUT2D eigenvalue weighted by molar-refractivity contribution is -0.0498. The van der Waals surface area contributed by atoms with Gasteiger partial charge in [-0.25, -0.2) is 13.2 Å². The summed E-state index contributed by atoms with van der Waals surface area (Å²) in [6.45, 7) is -3.62. The van der Waals surface area contributed by atoms with Crippen LogP contribution in [0.25, 0.3) is 6.08 Å². The van der Waals surface area contributed by atoms with Gasteiger partial charge in [0.25, 0.3) is 0 Å². The zero-order valence-corrected chi connectivity index (χ0v) is 17.8. The molecule has 0 saturated heterocycles. The first kappa shape index (κ1) is 25.6. The van der Waals surface area contributed by atoms with Gasteiger partial charge in [-0.15, -0.1) is 0 Å². The van der Waals surface area contributed by atoms with Crippen LogP contribution >= 0.6 is 0 Å². The van der Waals surface area contributed by atoms with Gasteiger partial charge in [-0.2, -0.15) is 17.6 Å². The minimum absolute atomic E-state index is 0.117. The molecule has 0 atom stereocenters. The van der Waals surface area contributed by atoms with Crippen molar-refractivity contribution in [1.29, 1.82) is 0 Å². The molecule has 0 unspecified atom stereocenters. The van der Waals surface area contributed by atoms with Gasteiger partial charge >= 0.3 is 6.61 Å². The fraction of sp³-hybridized carbons (Fsp3) is 0.125. The highest BCUT2D eigenvalue weighted by Crippen LogP contribution is 2.31. The van der Waals surface area contributed by atoms with Crippen molar-refractivity contribution in [2.75, 3.05) is 7.11 Å². The normalized spacial score (nSPS) is 11.2. The first-order chi connectivity index (χ1) is 16.6. The zero-order valence-electron chi connectivity index (χ0n) is 17.8. The van der Waals surface area contributed by atoms with Crippen LogP contribution in [0.15, 0.2) is 48.5 Å². The molecule has 0 aromatic heterocycles. The number of carbonyl (C=O) groups excluding carboxylic acids is 1. The Morgan fingerprint density at radius 3 is 2.06 bits per heavy atom. The quantitative estimate of drug-likeness (QED) is 0.111. The van der Waals surface area contributed by atoms with Crippen molar-refractivity contribution in [1.82, 2.24) is 0 Å². The van der Waals surface area contributed by atoms with E-state index in [1.807, 2.05) is 0 Å². The lowest BCUT2D eigenvalue weighted by Gasteiger charge is -2.13. The van der Waals surface area contributed by atoms with Gasteiger partial charge in [-0.3, -0.25) is 4.79 Å². The van der Waals surface area contributed by atoms with E-state index in [2.05, 4.69) is 4.74 Å². The number of hydrogen-bond acceptors (Lipinski definition) is 4. The molecule has 0 radical (unpaired) electrons. The molecular weight excluding hydrogens is 485 g/mol. The zero-order chi connectivity index (χ0) is 25.7. The second kappa shape index (κ2) is 10.9. The van der Waals surface area contributed by atoms with E-state index in [1.54, 1.807) is 0 Å². The summed E-state index contributed by atoms with van der Waals surface area (Å²) < 4.78 is 106. The Hall–Kier alpha value is -4.02. The first-order valence-corrected chi connectivity index (χ1v) is 9.70. The fourth-order valence-corrected chi connectivity index (χ4v) is 2.95. The van der Waals surface area contributed by atoms with Gasteiger partial charge in [0.05, 0.1) is 7.11 Å². The Morgan fingerprint density at radius 2 is 1.49 bits per heavy atom. The molecule has 0 amide bonds. The van der Waals surface area contributed by atoms with Crippen LogP contribution in [0.5, 0.6) is 17.2 Å². The summed E-state index contributed by atoms with van der Waals surface area (Å²) in [6.07, 6.45) is 2.56. The summed E-state index contributed by atoms with van der Waals surface area (Å²) in [5, 5.41) is 0. The van der Waals surface area contributed by atoms with E-state index in [4.69, 9.17) is 9.47 Å². The van der Waals surface area contributed by atoms with E-state index in [0.29, 0.717) is 5.56 Å². The van der Waals surface area contributed by atoms with Crippen molar-refractivity contribution < 1.29 is 49.7 Å². The number of allylic oxidation sites excluding steroid dienone is 1. The summed E-state index contributed by atoms with van der Waals surface area (Å²) in [5.41, 5.74) is 0.776. The third kappa shape index (κ3) is 5.92. The van der Waals surface area contributed by atoms with Gasteiger partial charge in [-0.1, -0.05) is 12.1 Å². The molecule has 3 rings (SSSR count). The summed E-state index contributed by atoms with van der Waals surface area (Å²) >= 11 is 0. The van der Waals surface area contributed by atoms with E-state index in [1.165, 1.54) is 61.7 Å². The summed E-state index contributed by atoms with van der Waals surface area (Å²) in [7, 11) is 1.29. The number of benzene rings is 3. The number of ketones is 1. The topological polar surface area (TPSA) is 44.8 Å². The van der Waals surface area contributed by atoms with Crippen LogP contribution in [0.2, 0.25) is 0 Å². The molecule has 184 valence electrons. The SMILES string of the molecule is COc1ccc(/C=C/C(=O)c2ccc(OC(F)F)cc2)cc1COc1c(F)c(F)c(F)c(F)c1F. The van der Waals surface area contributed by atoms with Gasteiger partial charge in [0.2, 0.25) is 29.1 Å². The molecule has 0 heterocycles. The van der Waals surface area contributed by atoms with Crippen LogP contribution < -0.4 is 14.2 Å². The monoisotopic (exact) mass is 500 g/mol. The highest BCUT2D eigenvalue weighted by atomic mass is 19.3. The van der Waals surface area contributed by atoms with Gasteiger partial charge in [0.15, 0.2) is 11.5 Å². The van der Waals surface area contributed by atoms with E-state index in [9.17, 15) is 35.5 Å². The van der Waals surface area contributed by atoms with E-state index in [0.717, 1.165) is 0 Å². The van der Waals surface area contributed by atoms with Crippen molar-refractivity contribution in [2.24, 2.45) is 0 Å². The van der Waals surface area contributed by atoms with Crippen molar-refractivity contribution >= 4 is 11.9 Å². The minimum Gasteiger partial charge on any atom is -0.496 e. The third-order valence-corrected chi connectivity index (χ3v) is 4.64. The minimum atomic E-state index is -3.00. The predicted molar refractivity (Wildman–Crippen MR) is 110 cm³/mol. The molecular formula is C24H15F7O4. The van der Waals surface area contributed by atoms with Crippen LogP contribution in [0.1, 0.15) is 21.5 Å². The molecule has 3 aromatic rings. The number of hydrogen-bond donors (Lipinski definition) is 0. The van der Waals surface area contributed by atoms with Gasteiger partial charge in [0.1, 0.15) is 18.1 Å². The Morgan fingerprint density at radius 1 is 0.886 bits per heavy atom. The first-order valence-electron chi connectivity index (χ1n) is 9.70. The second-order valence-electron chi connectivity index (χ2n) is 6.86. The van der Waals surface area contributed by atoms with Crippen LogP contribution in [-0.4, -0.2) is 19.5 Å². The largest absolute Gasteiger partial charge is 0.496 e. The van der Waals surface area contributed by atoms with Gasteiger partial charge < -0.3 is 14.2 Å². The lowest BCUT2D eigenvalue weighted by Crippen LogP contribution is -2.07. The maximum Gasteiger partial charge on any atom is 0.387 e. The maximum absolute atomic E-state index is 13.9. The molecule has 0 aliphatic rings. The summed E-state index contributed by atoms with van der Waals surface area (Å²) in [5.74, 6) is -12.7. The van der Waals surface area contributed by atoms with E-state index >= 15 is 0 Å². The molecule has 0 bridgehead atoms. The Bertz CT molecular complexity index is 1230. The number of rotatable bonds is 9. The maximum atomic E-state index is 13.9. The van der Waals surface area contributed by atoms with Crippen molar-refractivity contribution in [2.45, 2.75) is 13.2 Å². The number of halogens is 7. The van der Waals surface area contributed by atoms with Crippen LogP contribution in [0, 0.1) is 29.1 Å². The standard InChI is InChI=1S/C24H15F7O4/c1-33-17-9-3-12(2-8-16(32)13-4-6-15(7-5-13)35-24(30)31)10-14(17)11-34-23-21(28)19(26)18(25)20(27)22(23)29/h2-10,24H,11H2,1H3/b8-2+. The summed E-state index contributed by atoms with van der Waals surface area (Å²) in [4.78, 5) is 12.3. The molecule has 3 aromatic carbocycles. The Kier molecular flexibility index (Phi) is 8.00. The number of carbonyl (C=O) groups is 1. The van der Waals surface area contributed by atoms with Crippen molar-refractivity contribution in [3.8, 4) is 17.2 Å². The van der Waals surface area contributed by atoms with E-state index in [-0.39, 0.29) is 22.6 Å². The van der Waals surface area contributed by atoms with Crippen LogP contribution in [0.4, 0.5) is 30.7 Å². The molecule has 11 heteroatoms. The van der Waals surface area contributed by atoms with Crippen molar-refractivity contribution in [3.63, 3.8) is 0 Å². The number of methoxy groups -OCH3 is 1. The smallest absolute Gasteiger partial charge is 0.387 e. The second-order valence-corrected chi connectivity index (χ2v) is 6.86. The predicted octanol–water partition coefficient (Wildman–Crippen LogP) is 6.47. The van der Waals surface area contributed by atoms with Crippen LogP contribution in [-0.2, 0) is 6.61 Å². The molecule has 0 aliphatic carbocycles. The lowest BCUT2D eigenvalue weighted by atomic mass is 10.1. The highest BCUT2D eigenvalue weighted by Gasteiger charge is 2.27. The Balaban J connectivity index is 1.78. The summed E-state index contributed by atoms with van der Waals surface area (Å²) in [6, 6.07) is 9.38. The molecule has 0 saturated carbocycles. The van der Waals surface area contributed by atoms with Crippen LogP contribution in [0.3, 0.4) is 0 Å². The van der Waals surface area contributed by atoms with E-state index < -0.39 is 53.8 Å². The third-order valence-electron chi connectivity index (χ3n) is 4.64. The average molecular weight is 500 g/mol. The molecule has 4 nitrogen and oxygen atoms in total. The van der Waals surface area contributed by atoms with Gasteiger partial charge in [-0.05, 0) is 48.0 Å². The van der Waals surface area contributed by atoms with Crippen molar-refractivity contribution in [3.05, 3.63) is 94.3 Å². The molecule has 0 spiro atoms. The average Bonchev–Trinajstić information content (AvgIpc) is 2.85. The molecule has 0 aliphatic heterocycles.